The number of nitrogens with two attached hydrogens (primary N) is 1. The Hall–Kier alpha value is -2.31. The van der Waals surface area contributed by atoms with Gasteiger partial charge in [0.15, 0.2) is 5.65 Å². The normalized spacial score (nSPS) is 15.1. The number of nitrogens with one attached hydrogen (secondary N) is 1. The molecule has 3 rings (SSSR count). The van der Waals surface area contributed by atoms with E-state index in [0.717, 1.165) is 18.9 Å². The van der Waals surface area contributed by atoms with E-state index in [1.54, 1.807) is 6.20 Å². The zero-order valence-corrected chi connectivity index (χ0v) is 10.8. The summed E-state index contributed by atoms with van der Waals surface area (Å²) in [6.45, 7) is 3.44. The van der Waals surface area contributed by atoms with E-state index in [9.17, 15) is 4.79 Å². The molecule has 0 aromatic carbocycles. The van der Waals surface area contributed by atoms with Crippen LogP contribution in [0.5, 0.6) is 0 Å². The zero-order valence-electron chi connectivity index (χ0n) is 10.8. The molecule has 0 bridgehead atoms. The molecule has 0 unspecified atom stereocenters. The average molecular weight is 260 g/mol. The third kappa shape index (κ3) is 2.07. The van der Waals surface area contributed by atoms with Gasteiger partial charge < -0.3 is 16.0 Å². The van der Waals surface area contributed by atoms with Gasteiger partial charge in [0, 0.05) is 26.1 Å². The molecule has 0 atom stereocenters. The third-order valence-electron chi connectivity index (χ3n) is 3.23. The molecule has 7 nitrogen and oxygen atoms in total. The van der Waals surface area contributed by atoms with Crippen LogP contribution in [0.15, 0.2) is 12.3 Å². The van der Waals surface area contributed by atoms with Crippen LogP contribution in [0.2, 0.25) is 0 Å². The number of nitrogen functional groups attached to an aromatic ring is 1. The lowest BCUT2D eigenvalue weighted by Gasteiger charge is -2.17. The predicted octanol–water partition coefficient (Wildman–Crippen LogP) is 0.870. The first kappa shape index (κ1) is 11.8. The number of carbonyl (C=O) groups excluding carboxylic acids is 1. The Morgan fingerprint density at radius 3 is 2.84 bits per heavy atom. The average Bonchev–Trinajstić information content (AvgIpc) is 2.98. The summed E-state index contributed by atoms with van der Waals surface area (Å²) in [6, 6.07) is 1.82. The Kier molecular flexibility index (Phi) is 2.73. The Balaban J connectivity index is 2.08. The molecule has 3 heterocycles. The number of amides is 1. The molecule has 1 amide bonds. The monoisotopic (exact) mass is 260 g/mol. The van der Waals surface area contributed by atoms with Crippen molar-refractivity contribution in [1.82, 2.24) is 14.6 Å². The predicted molar refractivity (Wildman–Crippen MR) is 73.2 cm³/mol. The van der Waals surface area contributed by atoms with Gasteiger partial charge in [0.1, 0.15) is 17.3 Å². The van der Waals surface area contributed by atoms with Crippen molar-refractivity contribution in [1.29, 1.82) is 0 Å². The van der Waals surface area contributed by atoms with E-state index in [-0.39, 0.29) is 5.91 Å². The van der Waals surface area contributed by atoms with E-state index in [1.165, 1.54) is 24.3 Å². The summed E-state index contributed by atoms with van der Waals surface area (Å²) in [5.74, 6) is 1.21. The van der Waals surface area contributed by atoms with Crippen molar-refractivity contribution in [2.75, 3.05) is 29.0 Å². The Bertz CT molecular complexity index is 628. The van der Waals surface area contributed by atoms with E-state index < -0.39 is 0 Å². The molecule has 19 heavy (non-hydrogen) atoms. The Labute approximate surface area is 110 Å². The first-order chi connectivity index (χ1) is 9.15. The first-order valence-electron chi connectivity index (χ1n) is 6.32. The fourth-order valence-corrected chi connectivity index (χ4v) is 2.36. The fourth-order valence-electron chi connectivity index (χ4n) is 2.36. The van der Waals surface area contributed by atoms with Crippen molar-refractivity contribution < 1.29 is 4.79 Å². The summed E-state index contributed by atoms with van der Waals surface area (Å²) in [6.07, 6.45) is 3.91. The van der Waals surface area contributed by atoms with Crippen molar-refractivity contribution in [3.8, 4) is 0 Å². The fraction of sp³-hybridized carbons (Fsp3) is 0.417. The highest BCUT2D eigenvalue weighted by Gasteiger charge is 2.17. The van der Waals surface area contributed by atoms with E-state index in [2.05, 4.69) is 20.3 Å². The minimum atomic E-state index is -0.151. The number of hydrogen-bond acceptors (Lipinski definition) is 5. The van der Waals surface area contributed by atoms with Gasteiger partial charge in [0.25, 0.3) is 0 Å². The molecule has 1 saturated heterocycles. The molecule has 2 aromatic heterocycles. The summed E-state index contributed by atoms with van der Waals surface area (Å²) < 4.78 is 1.53. The quantitative estimate of drug-likeness (QED) is 0.836. The molecule has 2 aromatic rings. The number of rotatable bonds is 2. The highest BCUT2D eigenvalue weighted by atomic mass is 16.1. The molecule has 0 spiro atoms. The van der Waals surface area contributed by atoms with Crippen LogP contribution < -0.4 is 16.0 Å². The topological polar surface area (TPSA) is 88.5 Å². The van der Waals surface area contributed by atoms with Gasteiger partial charge in [-0.1, -0.05) is 0 Å². The molecule has 1 fully saturated rings. The van der Waals surface area contributed by atoms with Crippen molar-refractivity contribution in [3.63, 3.8) is 0 Å². The van der Waals surface area contributed by atoms with Gasteiger partial charge in [-0.15, -0.1) is 0 Å². The number of aromatic nitrogens is 3. The van der Waals surface area contributed by atoms with E-state index in [0.29, 0.717) is 17.2 Å². The molecular formula is C12H16N6O. The molecule has 0 saturated carbocycles. The maximum absolute atomic E-state index is 11.2. The van der Waals surface area contributed by atoms with Crippen molar-refractivity contribution >= 4 is 28.9 Å². The molecule has 7 heteroatoms. The minimum Gasteiger partial charge on any atom is -0.383 e. The number of anilines is 3. The van der Waals surface area contributed by atoms with E-state index >= 15 is 0 Å². The lowest BCUT2D eigenvalue weighted by Crippen LogP contribution is -2.20. The maximum Gasteiger partial charge on any atom is 0.221 e. The van der Waals surface area contributed by atoms with Gasteiger partial charge in [-0.25, -0.2) is 4.98 Å². The largest absolute Gasteiger partial charge is 0.383 e. The lowest BCUT2D eigenvalue weighted by atomic mass is 10.4. The van der Waals surface area contributed by atoms with Crippen LogP contribution in [-0.2, 0) is 4.79 Å². The number of carbonyl (C=O) groups is 1. The molecule has 0 radical (unpaired) electrons. The second-order valence-electron chi connectivity index (χ2n) is 4.71. The van der Waals surface area contributed by atoms with Gasteiger partial charge >= 0.3 is 0 Å². The molecule has 0 aliphatic carbocycles. The SMILES string of the molecule is CC(=O)Nc1cnn2c(N)cc(N3CCCC3)nc12. The minimum absolute atomic E-state index is 0.151. The van der Waals surface area contributed by atoms with Crippen LogP contribution in [0.25, 0.3) is 5.65 Å². The summed E-state index contributed by atoms with van der Waals surface area (Å²) in [5.41, 5.74) is 7.15. The van der Waals surface area contributed by atoms with Crippen LogP contribution in [-0.4, -0.2) is 33.6 Å². The standard InChI is InChI=1S/C12H16N6O/c1-8(19)15-9-7-14-18-10(13)6-11(16-12(9)18)17-4-2-3-5-17/h6-7H,2-5,13H2,1H3,(H,15,19). The van der Waals surface area contributed by atoms with Crippen LogP contribution in [0.4, 0.5) is 17.3 Å². The Morgan fingerprint density at radius 2 is 2.16 bits per heavy atom. The first-order valence-corrected chi connectivity index (χ1v) is 6.32. The summed E-state index contributed by atoms with van der Waals surface area (Å²) in [4.78, 5) is 17.9. The molecule has 1 aliphatic heterocycles. The van der Waals surface area contributed by atoms with Gasteiger partial charge in [-0.3, -0.25) is 4.79 Å². The smallest absolute Gasteiger partial charge is 0.221 e. The second-order valence-corrected chi connectivity index (χ2v) is 4.71. The third-order valence-corrected chi connectivity index (χ3v) is 3.23. The Morgan fingerprint density at radius 1 is 1.42 bits per heavy atom. The van der Waals surface area contributed by atoms with Gasteiger partial charge in [-0.2, -0.15) is 9.61 Å². The zero-order chi connectivity index (χ0) is 13.4. The number of nitrogens with zero attached hydrogens (tertiary/aromatic N) is 4. The summed E-state index contributed by atoms with van der Waals surface area (Å²) in [7, 11) is 0. The van der Waals surface area contributed by atoms with E-state index in [1.807, 2.05) is 6.07 Å². The maximum atomic E-state index is 11.2. The number of hydrogen-bond donors (Lipinski definition) is 2. The molecule has 100 valence electrons. The number of fused-ring (bicyclic) bond motifs is 1. The van der Waals surface area contributed by atoms with Gasteiger partial charge in [-0.05, 0) is 12.8 Å². The van der Waals surface area contributed by atoms with Gasteiger partial charge in [0.05, 0.1) is 6.20 Å². The summed E-state index contributed by atoms with van der Waals surface area (Å²) >= 11 is 0. The van der Waals surface area contributed by atoms with Crippen LogP contribution >= 0.6 is 0 Å². The molecular weight excluding hydrogens is 244 g/mol. The lowest BCUT2D eigenvalue weighted by molar-refractivity contribution is -0.114. The van der Waals surface area contributed by atoms with Gasteiger partial charge in [0.2, 0.25) is 5.91 Å². The van der Waals surface area contributed by atoms with E-state index in [4.69, 9.17) is 5.73 Å². The van der Waals surface area contributed by atoms with Crippen LogP contribution in [0.1, 0.15) is 19.8 Å². The molecule has 3 N–H and O–H groups in total. The van der Waals surface area contributed by atoms with Crippen LogP contribution in [0.3, 0.4) is 0 Å². The van der Waals surface area contributed by atoms with Crippen LogP contribution in [0, 0.1) is 0 Å². The highest BCUT2D eigenvalue weighted by molar-refractivity contribution is 5.92. The highest BCUT2D eigenvalue weighted by Crippen LogP contribution is 2.24. The molecule has 1 aliphatic rings. The second kappa shape index (κ2) is 4.42. The van der Waals surface area contributed by atoms with Crippen molar-refractivity contribution in [3.05, 3.63) is 12.3 Å². The van der Waals surface area contributed by atoms with Crippen molar-refractivity contribution in [2.24, 2.45) is 0 Å². The van der Waals surface area contributed by atoms with Crippen molar-refractivity contribution in [2.45, 2.75) is 19.8 Å². The summed E-state index contributed by atoms with van der Waals surface area (Å²) in [5, 5.41) is 6.85.